The van der Waals surface area contributed by atoms with Gasteiger partial charge in [0.25, 0.3) is 10.1 Å². The lowest BCUT2D eigenvalue weighted by Crippen LogP contribution is -2.38. The summed E-state index contributed by atoms with van der Waals surface area (Å²) in [4.78, 5) is 11.1. The van der Waals surface area contributed by atoms with Crippen molar-refractivity contribution >= 4 is 16.0 Å². The predicted molar refractivity (Wildman–Crippen MR) is 131 cm³/mol. The molecule has 0 saturated carbocycles. The molecule has 0 saturated heterocycles. The highest BCUT2D eigenvalue weighted by molar-refractivity contribution is 7.85. The summed E-state index contributed by atoms with van der Waals surface area (Å²) in [7, 11) is -3.67. The van der Waals surface area contributed by atoms with E-state index in [1.807, 2.05) is 54.6 Å². The van der Waals surface area contributed by atoms with Crippen molar-refractivity contribution in [3.8, 4) is 16.9 Å². The number of hydrogen-bond donors (Lipinski definition) is 3. The van der Waals surface area contributed by atoms with Crippen LogP contribution in [-0.4, -0.2) is 37.5 Å². The molecule has 1 amide bonds. The van der Waals surface area contributed by atoms with E-state index < -0.39 is 28.4 Å². The Balaban J connectivity index is 0.000000830. The summed E-state index contributed by atoms with van der Waals surface area (Å²) in [6, 6.07) is 21.1. The van der Waals surface area contributed by atoms with Crippen LogP contribution in [-0.2, 0) is 27.9 Å². The molecule has 4 N–H and O–H groups in total. The first-order chi connectivity index (χ1) is 16.7. The van der Waals surface area contributed by atoms with Crippen LogP contribution < -0.4 is 15.8 Å². The number of primary amides is 1. The number of alkyl halides is 3. The minimum Gasteiger partial charge on any atom is -0.406 e. The molecule has 0 aliphatic rings. The number of carbonyl (C=O) groups is 1. The maximum atomic E-state index is 12.7. The molecule has 194 valence electrons. The lowest BCUT2D eigenvalue weighted by molar-refractivity contribution is -0.274. The fourth-order valence-electron chi connectivity index (χ4n) is 3.18. The van der Waals surface area contributed by atoms with Crippen LogP contribution in [0.4, 0.5) is 13.2 Å². The SMILES string of the molecule is CC(NCc1ccc(-c2ccc(OC(F)(F)F)cc2Cc2ccccc2)cc1)C(N)=O.CS(=O)(=O)O. The van der Waals surface area contributed by atoms with Gasteiger partial charge in [0.1, 0.15) is 5.75 Å². The molecule has 1 unspecified atom stereocenters. The lowest BCUT2D eigenvalue weighted by Gasteiger charge is -2.15. The molecule has 0 bridgehead atoms. The molecule has 0 aliphatic heterocycles. The van der Waals surface area contributed by atoms with Gasteiger partial charge in [-0.1, -0.05) is 60.7 Å². The third-order valence-corrected chi connectivity index (χ3v) is 4.85. The Morgan fingerprint density at radius 2 is 1.61 bits per heavy atom. The van der Waals surface area contributed by atoms with E-state index in [0.29, 0.717) is 19.2 Å². The molecule has 0 radical (unpaired) electrons. The smallest absolute Gasteiger partial charge is 0.406 e. The Bertz CT molecular complexity index is 1240. The molecule has 36 heavy (non-hydrogen) atoms. The number of hydrogen-bond acceptors (Lipinski definition) is 5. The molecule has 1 atom stereocenters. The summed E-state index contributed by atoms with van der Waals surface area (Å²) in [5.41, 5.74) is 9.60. The first-order valence-electron chi connectivity index (χ1n) is 10.7. The number of ether oxygens (including phenoxy) is 1. The summed E-state index contributed by atoms with van der Waals surface area (Å²) in [6.07, 6.45) is -3.57. The van der Waals surface area contributed by atoms with E-state index in [9.17, 15) is 26.4 Å². The number of amides is 1. The highest BCUT2D eigenvalue weighted by atomic mass is 32.2. The van der Waals surface area contributed by atoms with Crippen LogP contribution in [0.1, 0.15) is 23.6 Å². The van der Waals surface area contributed by atoms with Gasteiger partial charge in [0, 0.05) is 6.54 Å². The van der Waals surface area contributed by atoms with E-state index in [1.165, 1.54) is 12.1 Å². The second-order valence-corrected chi connectivity index (χ2v) is 9.43. The van der Waals surface area contributed by atoms with E-state index in [4.69, 9.17) is 10.3 Å². The zero-order valence-corrected chi connectivity index (χ0v) is 20.4. The first kappa shape index (κ1) is 28.8. The van der Waals surface area contributed by atoms with Gasteiger partial charge in [-0.15, -0.1) is 13.2 Å². The van der Waals surface area contributed by atoms with Crippen molar-refractivity contribution in [1.82, 2.24) is 5.32 Å². The van der Waals surface area contributed by atoms with Gasteiger partial charge in [-0.3, -0.25) is 9.35 Å². The predicted octanol–water partition coefficient (Wildman–Crippen LogP) is 4.31. The van der Waals surface area contributed by atoms with E-state index in [-0.39, 0.29) is 5.75 Å². The van der Waals surface area contributed by atoms with Crippen molar-refractivity contribution in [2.45, 2.75) is 32.3 Å². The van der Waals surface area contributed by atoms with Crippen molar-refractivity contribution in [3.63, 3.8) is 0 Å². The van der Waals surface area contributed by atoms with Crippen molar-refractivity contribution in [2.24, 2.45) is 5.73 Å². The van der Waals surface area contributed by atoms with Crippen molar-refractivity contribution in [2.75, 3.05) is 6.26 Å². The summed E-state index contributed by atoms with van der Waals surface area (Å²) >= 11 is 0. The van der Waals surface area contributed by atoms with Crippen LogP contribution in [0.5, 0.6) is 5.75 Å². The fraction of sp³-hybridized carbons (Fsp3) is 0.240. The van der Waals surface area contributed by atoms with Gasteiger partial charge in [0.15, 0.2) is 0 Å². The highest BCUT2D eigenvalue weighted by Gasteiger charge is 2.31. The number of rotatable bonds is 8. The van der Waals surface area contributed by atoms with Gasteiger partial charge >= 0.3 is 6.36 Å². The lowest BCUT2D eigenvalue weighted by atomic mass is 9.94. The second kappa shape index (κ2) is 12.5. The Hall–Kier alpha value is -3.41. The molecule has 3 rings (SSSR count). The van der Waals surface area contributed by atoms with Crippen molar-refractivity contribution < 1.29 is 35.7 Å². The number of nitrogens with one attached hydrogen (secondary N) is 1. The zero-order chi connectivity index (χ0) is 26.9. The maximum Gasteiger partial charge on any atom is 0.573 e. The fourth-order valence-corrected chi connectivity index (χ4v) is 3.18. The van der Waals surface area contributed by atoms with Crippen LogP contribution in [0.3, 0.4) is 0 Å². The van der Waals surface area contributed by atoms with Gasteiger partial charge in [0.2, 0.25) is 5.91 Å². The van der Waals surface area contributed by atoms with Gasteiger partial charge in [-0.25, -0.2) is 0 Å². The van der Waals surface area contributed by atoms with Gasteiger partial charge < -0.3 is 15.8 Å². The Morgan fingerprint density at radius 1 is 1.03 bits per heavy atom. The Morgan fingerprint density at radius 3 is 2.14 bits per heavy atom. The van der Waals surface area contributed by atoms with Gasteiger partial charge in [0.05, 0.1) is 12.3 Å². The van der Waals surface area contributed by atoms with Crippen LogP contribution >= 0.6 is 0 Å². The summed E-state index contributed by atoms with van der Waals surface area (Å²) < 4.78 is 68.1. The first-order valence-corrected chi connectivity index (χ1v) is 12.5. The molecule has 7 nitrogen and oxygen atoms in total. The van der Waals surface area contributed by atoms with Crippen LogP contribution in [0.15, 0.2) is 72.8 Å². The molecule has 0 heterocycles. The van der Waals surface area contributed by atoms with Crippen LogP contribution in [0.2, 0.25) is 0 Å². The molecule has 0 aromatic heterocycles. The van der Waals surface area contributed by atoms with Gasteiger partial charge in [-0.2, -0.15) is 8.42 Å². The number of carbonyl (C=O) groups excluding carboxylic acids is 1. The minimum atomic E-state index is -4.75. The molecule has 0 fully saturated rings. The molecule has 3 aromatic carbocycles. The van der Waals surface area contributed by atoms with E-state index in [2.05, 4.69) is 10.1 Å². The Kier molecular flexibility index (Phi) is 10.0. The normalized spacial score (nSPS) is 12.3. The summed E-state index contributed by atoms with van der Waals surface area (Å²) in [5, 5.41) is 3.03. The molecular formula is C25H27F3N2O5S. The highest BCUT2D eigenvalue weighted by Crippen LogP contribution is 2.32. The Labute approximate surface area is 207 Å². The van der Waals surface area contributed by atoms with E-state index in [0.717, 1.165) is 27.8 Å². The quantitative estimate of drug-likeness (QED) is 0.378. The van der Waals surface area contributed by atoms with Crippen LogP contribution in [0, 0.1) is 0 Å². The standard InChI is InChI=1S/C24H23F3N2O2.CH4O3S/c1-16(23(28)30)29-15-18-7-9-19(10-8-18)22-12-11-21(31-24(25,26)27)14-20(22)13-17-5-3-2-4-6-17;1-5(2,3)4/h2-12,14,16,29H,13,15H2,1H3,(H2,28,30);1H3,(H,2,3,4). The largest absolute Gasteiger partial charge is 0.573 e. The summed E-state index contributed by atoms with van der Waals surface area (Å²) in [6.45, 7) is 2.16. The van der Waals surface area contributed by atoms with Crippen LogP contribution in [0.25, 0.3) is 11.1 Å². The third-order valence-electron chi connectivity index (χ3n) is 4.85. The number of nitrogens with two attached hydrogens (primary N) is 1. The van der Waals surface area contributed by atoms with Crippen molar-refractivity contribution in [3.05, 3.63) is 89.5 Å². The molecule has 0 spiro atoms. The molecule has 11 heteroatoms. The zero-order valence-electron chi connectivity index (χ0n) is 19.6. The van der Waals surface area contributed by atoms with E-state index >= 15 is 0 Å². The van der Waals surface area contributed by atoms with Crippen molar-refractivity contribution in [1.29, 1.82) is 0 Å². The average molecular weight is 525 g/mol. The second-order valence-electron chi connectivity index (χ2n) is 7.96. The number of halogens is 3. The van der Waals surface area contributed by atoms with Gasteiger partial charge in [-0.05, 0) is 53.3 Å². The molecule has 3 aromatic rings. The minimum absolute atomic E-state index is 0.247. The monoisotopic (exact) mass is 524 g/mol. The molecule has 0 aliphatic carbocycles. The third kappa shape index (κ3) is 10.9. The number of benzene rings is 3. The topological polar surface area (TPSA) is 119 Å². The maximum absolute atomic E-state index is 12.7. The van der Waals surface area contributed by atoms with E-state index in [1.54, 1.807) is 13.0 Å². The summed E-state index contributed by atoms with van der Waals surface area (Å²) in [5.74, 6) is -0.674. The molecular weight excluding hydrogens is 497 g/mol. The average Bonchev–Trinajstić information content (AvgIpc) is 2.76.